The normalized spacial score (nSPS) is 23.2. The van der Waals surface area contributed by atoms with Gasteiger partial charge in [0.2, 0.25) is 0 Å². The Morgan fingerprint density at radius 1 is 1.38 bits per heavy atom. The van der Waals surface area contributed by atoms with Crippen LogP contribution in [0.2, 0.25) is 5.02 Å². The average molecular weight is 311 g/mol. The van der Waals surface area contributed by atoms with E-state index in [2.05, 4.69) is 36.1 Å². The van der Waals surface area contributed by atoms with E-state index in [4.69, 9.17) is 11.6 Å². The number of hydrogen-bond donors (Lipinski definition) is 1. The SMILES string of the molecule is CCNc1ccc(Cl)c(C(=O)N2CC(C)N(C)C(C)C2)n1. The number of anilines is 1. The van der Waals surface area contributed by atoms with E-state index in [1.165, 1.54) is 0 Å². The number of piperazine rings is 1. The van der Waals surface area contributed by atoms with Crippen LogP contribution < -0.4 is 5.32 Å². The van der Waals surface area contributed by atoms with E-state index in [9.17, 15) is 4.79 Å². The van der Waals surface area contributed by atoms with Gasteiger partial charge in [-0.05, 0) is 40.0 Å². The van der Waals surface area contributed by atoms with E-state index in [0.717, 1.165) is 6.54 Å². The highest BCUT2D eigenvalue weighted by Crippen LogP contribution is 2.21. The van der Waals surface area contributed by atoms with Crippen LogP contribution in [-0.4, -0.2) is 59.5 Å². The lowest BCUT2D eigenvalue weighted by Crippen LogP contribution is -2.56. The highest BCUT2D eigenvalue weighted by atomic mass is 35.5. The summed E-state index contributed by atoms with van der Waals surface area (Å²) in [5.74, 6) is 0.590. The van der Waals surface area contributed by atoms with Crippen LogP contribution in [0.1, 0.15) is 31.3 Å². The van der Waals surface area contributed by atoms with E-state index in [0.29, 0.717) is 41.7 Å². The molecule has 2 unspecified atom stereocenters. The summed E-state index contributed by atoms with van der Waals surface area (Å²) in [7, 11) is 2.09. The van der Waals surface area contributed by atoms with Gasteiger partial charge in [0, 0.05) is 31.7 Å². The topological polar surface area (TPSA) is 48.5 Å². The summed E-state index contributed by atoms with van der Waals surface area (Å²) in [6, 6.07) is 4.17. The first kappa shape index (κ1) is 16.0. The molecule has 1 aliphatic rings. The molecule has 1 aromatic rings. The molecule has 1 aliphatic heterocycles. The van der Waals surface area contributed by atoms with Crippen LogP contribution in [0.5, 0.6) is 0 Å². The first-order valence-electron chi connectivity index (χ1n) is 7.35. The average Bonchev–Trinajstić information content (AvgIpc) is 2.45. The highest BCUT2D eigenvalue weighted by molar-refractivity contribution is 6.33. The zero-order valence-corrected chi connectivity index (χ0v) is 13.8. The van der Waals surface area contributed by atoms with Gasteiger partial charge in [-0.3, -0.25) is 9.69 Å². The molecule has 0 aliphatic carbocycles. The first-order chi connectivity index (χ1) is 9.93. The number of hydrogen-bond acceptors (Lipinski definition) is 4. The summed E-state index contributed by atoms with van der Waals surface area (Å²) >= 11 is 6.16. The Morgan fingerprint density at radius 3 is 2.57 bits per heavy atom. The number of nitrogens with zero attached hydrogens (tertiary/aromatic N) is 3. The fraction of sp³-hybridized carbons (Fsp3) is 0.600. The molecule has 6 heteroatoms. The second-order valence-electron chi connectivity index (χ2n) is 5.63. The summed E-state index contributed by atoms with van der Waals surface area (Å²) < 4.78 is 0. The molecule has 2 rings (SSSR count). The molecule has 21 heavy (non-hydrogen) atoms. The zero-order valence-electron chi connectivity index (χ0n) is 13.1. The summed E-state index contributed by atoms with van der Waals surface area (Å²) in [5, 5.41) is 3.51. The predicted molar refractivity (Wildman–Crippen MR) is 86.0 cm³/mol. The molecule has 1 fully saturated rings. The molecule has 116 valence electrons. The van der Waals surface area contributed by atoms with Crippen molar-refractivity contribution in [2.45, 2.75) is 32.9 Å². The van der Waals surface area contributed by atoms with E-state index in [1.807, 2.05) is 11.8 Å². The van der Waals surface area contributed by atoms with Crippen LogP contribution in [-0.2, 0) is 0 Å². The fourth-order valence-corrected chi connectivity index (χ4v) is 2.78. The number of likely N-dealkylation sites (N-methyl/N-ethyl adjacent to an activating group) is 1. The molecule has 2 atom stereocenters. The molecule has 1 aromatic heterocycles. The monoisotopic (exact) mass is 310 g/mol. The van der Waals surface area contributed by atoms with Gasteiger partial charge in [0.05, 0.1) is 5.02 Å². The Morgan fingerprint density at radius 2 is 2.00 bits per heavy atom. The Bertz CT molecular complexity index is 510. The van der Waals surface area contributed by atoms with Gasteiger partial charge in [0.1, 0.15) is 11.5 Å². The Labute approximate surface area is 131 Å². The quantitative estimate of drug-likeness (QED) is 0.931. The van der Waals surface area contributed by atoms with Crippen molar-refractivity contribution in [3.05, 3.63) is 22.8 Å². The molecule has 0 bridgehead atoms. The Balaban J connectivity index is 2.21. The van der Waals surface area contributed by atoms with Gasteiger partial charge in [-0.25, -0.2) is 4.98 Å². The number of aromatic nitrogens is 1. The molecule has 0 spiro atoms. The van der Waals surface area contributed by atoms with E-state index < -0.39 is 0 Å². The number of amides is 1. The number of halogens is 1. The smallest absolute Gasteiger partial charge is 0.274 e. The molecule has 5 nitrogen and oxygen atoms in total. The van der Waals surface area contributed by atoms with Crippen molar-refractivity contribution in [3.8, 4) is 0 Å². The third kappa shape index (κ3) is 3.47. The number of rotatable bonds is 3. The largest absolute Gasteiger partial charge is 0.370 e. The van der Waals surface area contributed by atoms with E-state index >= 15 is 0 Å². The van der Waals surface area contributed by atoms with Gasteiger partial charge in [0.15, 0.2) is 0 Å². The zero-order chi connectivity index (χ0) is 15.6. The molecule has 1 N–H and O–H groups in total. The van der Waals surface area contributed by atoms with Crippen LogP contribution >= 0.6 is 11.6 Å². The summed E-state index contributed by atoms with van der Waals surface area (Å²) in [5.41, 5.74) is 0.332. The maximum absolute atomic E-state index is 12.7. The predicted octanol–water partition coefficient (Wildman–Crippen LogP) is 2.33. The van der Waals surface area contributed by atoms with Gasteiger partial charge in [-0.15, -0.1) is 0 Å². The van der Waals surface area contributed by atoms with Crippen molar-refractivity contribution in [3.63, 3.8) is 0 Å². The lowest BCUT2D eigenvalue weighted by Gasteiger charge is -2.42. The van der Waals surface area contributed by atoms with Gasteiger partial charge in [0.25, 0.3) is 5.91 Å². The Hall–Kier alpha value is -1.33. The molecule has 0 aromatic carbocycles. The second-order valence-corrected chi connectivity index (χ2v) is 6.04. The standard InChI is InChI=1S/C15H23ClN4O/c1-5-17-13-7-6-12(16)14(18-13)15(21)20-8-10(2)19(4)11(3)9-20/h6-7,10-11H,5,8-9H2,1-4H3,(H,17,18). The molecule has 0 saturated carbocycles. The molecular formula is C15H23ClN4O. The van der Waals surface area contributed by atoms with Gasteiger partial charge in [-0.1, -0.05) is 11.6 Å². The van der Waals surface area contributed by atoms with Crippen LogP contribution in [0.3, 0.4) is 0 Å². The molecule has 1 amide bonds. The molecule has 0 radical (unpaired) electrons. The third-order valence-corrected chi connectivity index (χ3v) is 4.36. The molecular weight excluding hydrogens is 288 g/mol. The summed E-state index contributed by atoms with van der Waals surface area (Å²) in [6.45, 7) is 8.39. The highest BCUT2D eigenvalue weighted by Gasteiger charge is 2.31. The van der Waals surface area contributed by atoms with Crippen molar-refractivity contribution >= 4 is 23.3 Å². The number of nitrogens with one attached hydrogen (secondary N) is 1. The summed E-state index contributed by atoms with van der Waals surface area (Å²) in [6.07, 6.45) is 0. The van der Waals surface area contributed by atoms with Crippen molar-refractivity contribution in [1.82, 2.24) is 14.8 Å². The van der Waals surface area contributed by atoms with Crippen LogP contribution in [0, 0.1) is 0 Å². The lowest BCUT2D eigenvalue weighted by molar-refractivity contribution is 0.0410. The van der Waals surface area contributed by atoms with Crippen molar-refractivity contribution in [1.29, 1.82) is 0 Å². The first-order valence-corrected chi connectivity index (χ1v) is 7.73. The molecule has 1 saturated heterocycles. The van der Waals surface area contributed by atoms with Crippen LogP contribution in [0.4, 0.5) is 5.82 Å². The van der Waals surface area contributed by atoms with E-state index in [1.54, 1.807) is 12.1 Å². The van der Waals surface area contributed by atoms with Crippen LogP contribution in [0.15, 0.2) is 12.1 Å². The van der Waals surface area contributed by atoms with Crippen molar-refractivity contribution in [2.24, 2.45) is 0 Å². The van der Waals surface area contributed by atoms with Gasteiger partial charge in [-0.2, -0.15) is 0 Å². The van der Waals surface area contributed by atoms with Crippen LogP contribution in [0.25, 0.3) is 0 Å². The van der Waals surface area contributed by atoms with Gasteiger partial charge >= 0.3 is 0 Å². The minimum absolute atomic E-state index is 0.0912. The number of carbonyl (C=O) groups is 1. The van der Waals surface area contributed by atoms with Crippen molar-refractivity contribution in [2.75, 3.05) is 32.0 Å². The maximum Gasteiger partial charge on any atom is 0.274 e. The molecule has 2 heterocycles. The fourth-order valence-electron chi connectivity index (χ4n) is 2.59. The Kier molecular flexibility index (Phi) is 5.06. The number of pyridine rings is 1. The second kappa shape index (κ2) is 6.62. The van der Waals surface area contributed by atoms with E-state index in [-0.39, 0.29) is 5.91 Å². The van der Waals surface area contributed by atoms with Gasteiger partial charge < -0.3 is 10.2 Å². The lowest BCUT2D eigenvalue weighted by atomic mass is 10.1. The summed E-state index contributed by atoms with van der Waals surface area (Å²) in [4.78, 5) is 21.2. The maximum atomic E-state index is 12.7. The number of carbonyl (C=O) groups excluding carboxylic acids is 1. The third-order valence-electron chi connectivity index (χ3n) is 4.05. The van der Waals surface area contributed by atoms with Crippen molar-refractivity contribution < 1.29 is 4.79 Å². The minimum atomic E-state index is -0.0912. The minimum Gasteiger partial charge on any atom is -0.370 e.